The predicted molar refractivity (Wildman–Crippen MR) is 108 cm³/mol. The molecule has 1 aliphatic rings. The van der Waals surface area contributed by atoms with Gasteiger partial charge >= 0.3 is 12.2 Å². The molecular formula is C21H31N3O5. The van der Waals surface area contributed by atoms with Gasteiger partial charge in [-0.3, -0.25) is 4.79 Å². The van der Waals surface area contributed by atoms with Crippen LogP contribution < -0.4 is 10.7 Å². The van der Waals surface area contributed by atoms with Crippen molar-refractivity contribution in [2.24, 2.45) is 5.92 Å². The zero-order valence-electron chi connectivity index (χ0n) is 17.8. The number of amides is 3. The van der Waals surface area contributed by atoms with Crippen molar-refractivity contribution < 1.29 is 23.9 Å². The van der Waals surface area contributed by atoms with Gasteiger partial charge in [-0.25, -0.2) is 20.0 Å². The molecule has 0 aliphatic carbocycles. The molecule has 1 atom stereocenters. The van der Waals surface area contributed by atoms with E-state index in [1.807, 2.05) is 44.2 Å². The van der Waals surface area contributed by atoms with Crippen LogP contribution in [0.3, 0.4) is 0 Å². The first kappa shape index (κ1) is 22.5. The van der Waals surface area contributed by atoms with Gasteiger partial charge < -0.3 is 14.8 Å². The lowest BCUT2D eigenvalue weighted by Gasteiger charge is -2.30. The number of nitrogens with one attached hydrogen (secondary N) is 2. The van der Waals surface area contributed by atoms with Gasteiger partial charge in [0, 0.05) is 6.54 Å². The van der Waals surface area contributed by atoms with Crippen LogP contribution in [0.25, 0.3) is 0 Å². The minimum atomic E-state index is -1.13. The standard InChI is InChI=1S/C21H31N3O5/c1-15(2)13-21(22-18(26)28-14-16-9-7-6-8-10-16)11-12-24(17(21)25)23-19(27)29-20(3,4)5/h6-10,15H,11-14H2,1-5H3,(H,22,26)(H,23,27)/t21-/m0/s1. The van der Waals surface area contributed by atoms with Crippen LogP contribution in [-0.4, -0.2) is 40.8 Å². The highest BCUT2D eigenvalue weighted by Crippen LogP contribution is 2.29. The SMILES string of the molecule is CC(C)C[C@@]1(NC(=O)OCc2ccccc2)CCN(NC(=O)OC(C)(C)C)C1=O. The Kier molecular flexibility index (Phi) is 7.11. The number of carbonyl (C=O) groups excluding carboxylic acids is 3. The van der Waals surface area contributed by atoms with E-state index < -0.39 is 23.3 Å². The molecule has 1 aromatic rings. The first-order chi connectivity index (χ1) is 13.5. The summed E-state index contributed by atoms with van der Waals surface area (Å²) < 4.78 is 10.5. The van der Waals surface area contributed by atoms with Crippen LogP contribution in [0, 0.1) is 5.92 Å². The Labute approximate surface area is 171 Å². The molecule has 2 rings (SSSR count). The summed E-state index contributed by atoms with van der Waals surface area (Å²) in [5.74, 6) is -0.233. The predicted octanol–water partition coefficient (Wildman–Crippen LogP) is 3.37. The largest absolute Gasteiger partial charge is 0.445 e. The second-order valence-electron chi connectivity index (χ2n) is 8.69. The molecule has 1 fully saturated rings. The Morgan fingerprint density at radius 2 is 1.83 bits per heavy atom. The summed E-state index contributed by atoms with van der Waals surface area (Å²) in [7, 11) is 0. The maximum atomic E-state index is 13.1. The lowest BCUT2D eigenvalue weighted by atomic mass is 9.87. The Morgan fingerprint density at radius 1 is 1.17 bits per heavy atom. The van der Waals surface area contributed by atoms with E-state index in [0.717, 1.165) is 5.56 Å². The van der Waals surface area contributed by atoms with Gasteiger partial charge in [-0.05, 0) is 45.1 Å². The molecule has 0 bridgehead atoms. The fourth-order valence-corrected chi connectivity index (χ4v) is 3.30. The van der Waals surface area contributed by atoms with Gasteiger partial charge in [-0.1, -0.05) is 44.2 Å². The van der Waals surface area contributed by atoms with E-state index in [9.17, 15) is 14.4 Å². The molecule has 0 aromatic heterocycles. The molecule has 160 valence electrons. The molecule has 1 aliphatic heterocycles. The zero-order valence-corrected chi connectivity index (χ0v) is 17.8. The first-order valence-electron chi connectivity index (χ1n) is 9.81. The van der Waals surface area contributed by atoms with Crippen molar-refractivity contribution in [3.05, 3.63) is 35.9 Å². The summed E-state index contributed by atoms with van der Waals surface area (Å²) in [5, 5.41) is 3.95. The third-order valence-electron chi connectivity index (χ3n) is 4.35. The van der Waals surface area contributed by atoms with Crippen LogP contribution in [0.1, 0.15) is 53.0 Å². The number of benzene rings is 1. The summed E-state index contributed by atoms with van der Waals surface area (Å²) in [5.41, 5.74) is 1.52. The fraction of sp³-hybridized carbons (Fsp3) is 0.571. The fourth-order valence-electron chi connectivity index (χ4n) is 3.30. The molecule has 1 saturated heterocycles. The highest BCUT2D eigenvalue weighted by atomic mass is 16.6. The maximum Gasteiger partial charge on any atom is 0.426 e. The van der Waals surface area contributed by atoms with E-state index >= 15 is 0 Å². The van der Waals surface area contributed by atoms with E-state index in [-0.39, 0.29) is 25.0 Å². The molecule has 0 saturated carbocycles. The molecule has 29 heavy (non-hydrogen) atoms. The average Bonchev–Trinajstić information content (AvgIpc) is 2.88. The van der Waals surface area contributed by atoms with Gasteiger partial charge in [0.05, 0.1) is 0 Å². The molecule has 2 N–H and O–H groups in total. The van der Waals surface area contributed by atoms with Crippen molar-refractivity contribution in [2.75, 3.05) is 6.54 Å². The molecule has 1 heterocycles. The van der Waals surface area contributed by atoms with Gasteiger partial charge in [0.1, 0.15) is 17.7 Å². The van der Waals surface area contributed by atoms with Crippen molar-refractivity contribution >= 4 is 18.1 Å². The topological polar surface area (TPSA) is 97.0 Å². The van der Waals surface area contributed by atoms with Crippen molar-refractivity contribution in [1.29, 1.82) is 0 Å². The third-order valence-corrected chi connectivity index (χ3v) is 4.35. The lowest BCUT2D eigenvalue weighted by Crippen LogP contribution is -2.57. The van der Waals surface area contributed by atoms with Crippen LogP contribution in [0.5, 0.6) is 0 Å². The third kappa shape index (κ3) is 6.66. The van der Waals surface area contributed by atoms with Gasteiger partial charge in [0.2, 0.25) is 0 Å². The number of nitrogens with zero attached hydrogens (tertiary/aromatic N) is 1. The number of rotatable bonds is 6. The summed E-state index contributed by atoms with van der Waals surface area (Å²) in [4.78, 5) is 37.5. The average molecular weight is 405 g/mol. The highest BCUT2D eigenvalue weighted by molar-refractivity contribution is 5.92. The van der Waals surface area contributed by atoms with Gasteiger partial charge in [-0.15, -0.1) is 0 Å². The van der Waals surface area contributed by atoms with Gasteiger partial charge in [0.15, 0.2) is 0 Å². The number of ether oxygens (including phenoxy) is 2. The van der Waals surface area contributed by atoms with Crippen molar-refractivity contribution in [1.82, 2.24) is 15.8 Å². The van der Waals surface area contributed by atoms with Crippen LogP contribution in [0.15, 0.2) is 30.3 Å². The minimum absolute atomic E-state index is 0.110. The molecule has 0 unspecified atom stereocenters. The molecule has 0 spiro atoms. The number of hydrazine groups is 1. The summed E-state index contributed by atoms with van der Waals surface area (Å²) >= 11 is 0. The van der Waals surface area contributed by atoms with E-state index in [1.165, 1.54) is 5.01 Å². The van der Waals surface area contributed by atoms with Crippen molar-refractivity contribution in [3.63, 3.8) is 0 Å². The summed E-state index contributed by atoms with van der Waals surface area (Å²) in [6, 6.07) is 9.30. The number of alkyl carbamates (subject to hydrolysis) is 1. The minimum Gasteiger partial charge on any atom is -0.445 e. The van der Waals surface area contributed by atoms with E-state index in [2.05, 4.69) is 10.7 Å². The Balaban J connectivity index is 2.02. The van der Waals surface area contributed by atoms with Crippen molar-refractivity contribution in [3.8, 4) is 0 Å². The van der Waals surface area contributed by atoms with Crippen LogP contribution >= 0.6 is 0 Å². The van der Waals surface area contributed by atoms with E-state index in [1.54, 1.807) is 20.8 Å². The van der Waals surface area contributed by atoms with Crippen LogP contribution in [-0.2, 0) is 20.9 Å². The van der Waals surface area contributed by atoms with Crippen LogP contribution in [0.2, 0.25) is 0 Å². The van der Waals surface area contributed by atoms with Crippen molar-refractivity contribution in [2.45, 2.75) is 65.2 Å². The molecule has 1 aromatic carbocycles. The summed E-state index contributed by atoms with van der Waals surface area (Å²) in [6.07, 6.45) is -0.584. The second kappa shape index (κ2) is 9.15. The zero-order chi connectivity index (χ0) is 21.7. The molecule has 8 heteroatoms. The molecule has 8 nitrogen and oxygen atoms in total. The second-order valence-corrected chi connectivity index (χ2v) is 8.69. The monoisotopic (exact) mass is 405 g/mol. The first-order valence-corrected chi connectivity index (χ1v) is 9.81. The highest BCUT2D eigenvalue weighted by Gasteiger charge is 2.49. The van der Waals surface area contributed by atoms with Gasteiger partial charge in [0.25, 0.3) is 5.91 Å². The van der Waals surface area contributed by atoms with E-state index in [4.69, 9.17) is 9.47 Å². The van der Waals surface area contributed by atoms with E-state index in [0.29, 0.717) is 12.8 Å². The number of hydrogen-bond acceptors (Lipinski definition) is 5. The summed E-state index contributed by atoms with van der Waals surface area (Å²) in [6.45, 7) is 9.54. The van der Waals surface area contributed by atoms with Crippen LogP contribution in [0.4, 0.5) is 9.59 Å². The molecule has 3 amide bonds. The quantitative estimate of drug-likeness (QED) is 0.756. The lowest BCUT2D eigenvalue weighted by molar-refractivity contribution is -0.136. The number of hydrogen-bond donors (Lipinski definition) is 2. The Morgan fingerprint density at radius 3 is 2.41 bits per heavy atom. The Bertz CT molecular complexity index is 730. The molecular weight excluding hydrogens is 374 g/mol. The van der Waals surface area contributed by atoms with Gasteiger partial charge in [-0.2, -0.15) is 0 Å². The maximum absolute atomic E-state index is 13.1. The smallest absolute Gasteiger partial charge is 0.426 e. The normalized spacial score (nSPS) is 19.2. The Hall–Kier alpha value is -2.77. The molecule has 0 radical (unpaired) electrons. The number of carbonyl (C=O) groups is 3.